The van der Waals surface area contributed by atoms with E-state index in [1.165, 1.54) is 19.3 Å². The number of halogens is 1. The zero-order valence-electron chi connectivity index (χ0n) is 11.4. The molecule has 19 heavy (non-hydrogen) atoms. The Kier molecular flexibility index (Phi) is 5.49. The maximum atomic E-state index is 9.03. The molecule has 0 unspecified atom stereocenters. The molecule has 0 radical (unpaired) electrons. The van der Waals surface area contributed by atoms with Crippen molar-refractivity contribution in [3.8, 4) is 5.75 Å². The van der Waals surface area contributed by atoms with Crippen LogP contribution in [0.25, 0.3) is 0 Å². The van der Waals surface area contributed by atoms with Crippen LogP contribution in [0, 0.1) is 0 Å². The monoisotopic (exact) mass is 283 g/mol. The molecule has 0 heterocycles. The second kappa shape index (κ2) is 7.13. The summed E-state index contributed by atoms with van der Waals surface area (Å²) >= 11 is 6.07. The second-order valence-corrected chi connectivity index (χ2v) is 5.52. The van der Waals surface area contributed by atoms with Gasteiger partial charge in [-0.2, -0.15) is 0 Å². The van der Waals surface area contributed by atoms with Crippen LogP contribution in [0.5, 0.6) is 5.75 Å². The SMILES string of the molecule is COc1ccc(Cl)cc1CN(CCCO)C1CCC1. The maximum absolute atomic E-state index is 9.03. The normalized spacial score (nSPS) is 15.6. The number of rotatable bonds is 7. The van der Waals surface area contributed by atoms with Gasteiger partial charge >= 0.3 is 0 Å². The molecule has 1 aliphatic carbocycles. The topological polar surface area (TPSA) is 32.7 Å². The number of benzene rings is 1. The Morgan fingerprint density at radius 1 is 1.42 bits per heavy atom. The molecule has 1 aromatic rings. The van der Waals surface area contributed by atoms with E-state index in [-0.39, 0.29) is 6.61 Å². The smallest absolute Gasteiger partial charge is 0.123 e. The molecule has 2 rings (SSSR count). The number of ether oxygens (including phenoxy) is 1. The Bertz CT molecular complexity index is 407. The van der Waals surface area contributed by atoms with Crippen LogP contribution in [0.1, 0.15) is 31.2 Å². The molecule has 0 aliphatic heterocycles. The van der Waals surface area contributed by atoms with E-state index in [4.69, 9.17) is 21.4 Å². The average molecular weight is 284 g/mol. The molecule has 1 aromatic carbocycles. The molecule has 1 fully saturated rings. The lowest BCUT2D eigenvalue weighted by atomic mass is 9.91. The summed E-state index contributed by atoms with van der Waals surface area (Å²) in [7, 11) is 1.69. The van der Waals surface area contributed by atoms with Gasteiger partial charge < -0.3 is 9.84 Å². The van der Waals surface area contributed by atoms with Crippen LogP contribution in [0.15, 0.2) is 18.2 Å². The third-order valence-electron chi connectivity index (χ3n) is 3.81. The van der Waals surface area contributed by atoms with Crippen molar-refractivity contribution in [1.82, 2.24) is 4.90 Å². The van der Waals surface area contributed by atoms with E-state index in [1.807, 2.05) is 18.2 Å². The summed E-state index contributed by atoms with van der Waals surface area (Å²) in [6, 6.07) is 6.40. The van der Waals surface area contributed by atoms with Crippen LogP contribution in [0.2, 0.25) is 5.02 Å². The lowest BCUT2D eigenvalue weighted by molar-refractivity contribution is 0.108. The first kappa shape index (κ1) is 14.6. The molecule has 1 saturated carbocycles. The van der Waals surface area contributed by atoms with Gasteiger partial charge in [-0.3, -0.25) is 4.90 Å². The summed E-state index contributed by atoms with van der Waals surface area (Å²) in [5.41, 5.74) is 1.12. The minimum Gasteiger partial charge on any atom is -0.496 e. The van der Waals surface area contributed by atoms with Gasteiger partial charge in [0.15, 0.2) is 0 Å². The molecule has 0 amide bonds. The average Bonchev–Trinajstić information content (AvgIpc) is 2.34. The van der Waals surface area contributed by atoms with Crippen molar-refractivity contribution in [3.05, 3.63) is 28.8 Å². The molecule has 0 aromatic heterocycles. The minimum absolute atomic E-state index is 0.246. The number of aliphatic hydroxyl groups is 1. The van der Waals surface area contributed by atoms with Crippen molar-refractivity contribution in [2.75, 3.05) is 20.3 Å². The zero-order valence-corrected chi connectivity index (χ0v) is 12.2. The molecular weight excluding hydrogens is 262 g/mol. The van der Waals surface area contributed by atoms with Crippen LogP contribution >= 0.6 is 11.6 Å². The van der Waals surface area contributed by atoms with Gasteiger partial charge in [0.05, 0.1) is 7.11 Å². The lowest BCUT2D eigenvalue weighted by Gasteiger charge is -2.37. The molecule has 1 aliphatic rings. The van der Waals surface area contributed by atoms with E-state index in [0.29, 0.717) is 6.04 Å². The highest BCUT2D eigenvalue weighted by Gasteiger charge is 2.25. The van der Waals surface area contributed by atoms with Gasteiger partial charge in [-0.15, -0.1) is 0 Å². The van der Waals surface area contributed by atoms with Crippen molar-refractivity contribution in [1.29, 1.82) is 0 Å². The van der Waals surface area contributed by atoms with Crippen LogP contribution in [-0.4, -0.2) is 36.3 Å². The molecule has 0 bridgehead atoms. The van der Waals surface area contributed by atoms with Gasteiger partial charge in [0.25, 0.3) is 0 Å². The maximum Gasteiger partial charge on any atom is 0.123 e. The second-order valence-electron chi connectivity index (χ2n) is 5.09. The van der Waals surface area contributed by atoms with E-state index in [0.717, 1.165) is 35.8 Å². The molecule has 0 atom stereocenters. The van der Waals surface area contributed by atoms with Gasteiger partial charge in [0.2, 0.25) is 0 Å². The van der Waals surface area contributed by atoms with Gasteiger partial charge in [-0.25, -0.2) is 0 Å². The first-order valence-electron chi connectivity index (χ1n) is 6.92. The molecule has 4 heteroatoms. The Hall–Kier alpha value is -0.770. The lowest BCUT2D eigenvalue weighted by Crippen LogP contribution is -2.40. The molecular formula is C15H22ClNO2. The van der Waals surface area contributed by atoms with E-state index in [2.05, 4.69) is 4.90 Å². The molecule has 0 saturated heterocycles. The highest BCUT2D eigenvalue weighted by molar-refractivity contribution is 6.30. The van der Waals surface area contributed by atoms with Crippen LogP contribution in [-0.2, 0) is 6.54 Å². The largest absolute Gasteiger partial charge is 0.496 e. The van der Waals surface area contributed by atoms with Crippen molar-refractivity contribution in [2.24, 2.45) is 0 Å². The Morgan fingerprint density at radius 3 is 2.79 bits per heavy atom. The first-order valence-corrected chi connectivity index (χ1v) is 7.29. The summed E-state index contributed by atoms with van der Waals surface area (Å²) in [6.07, 6.45) is 4.65. The van der Waals surface area contributed by atoms with Crippen molar-refractivity contribution < 1.29 is 9.84 Å². The number of hydrogen-bond donors (Lipinski definition) is 1. The summed E-state index contributed by atoms with van der Waals surface area (Å²) in [6.45, 7) is 2.02. The molecule has 3 nitrogen and oxygen atoms in total. The Morgan fingerprint density at radius 2 is 2.21 bits per heavy atom. The third kappa shape index (κ3) is 3.85. The van der Waals surface area contributed by atoms with E-state index in [9.17, 15) is 0 Å². The fourth-order valence-corrected chi connectivity index (χ4v) is 2.70. The van der Waals surface area contributed by atoms with E-state index in [1.54, 1.807) is 7.11 Å². The summed E-state index contributed by atoms with van der Waals surface area (Å²) < 4.78 is 5.40. The number of methoxy groups -OCH3 is 1. The summed E-state index contributed by atoms with van der Waals surface area (Å²) in [4.78, 5) is 2.44. The van der Waals surface area contributed by atoms with E-state index < -0.39 is 0 Å². The van der Waals surface area contributed by atoms with Crippen molar-refractivity contribution in [2.45, 2.75) is 38.3 Å². The Balaban J connectivity index is 2.08. The predicted molar refractivity (Wildman–Crippen MR) is 77.8 cm³/mol. The highest BCUT2D eigenvalue weighted by atomic mass is 35.5. The van der Waals surface area contributed by atoms with Gasteiger partial charge in [-0.1, -0.05) is 18.0 Å². The molecule has 106 valence electrons. The minimum atomic E-state index is 0.246. The highest BCUT2D eigenvalue weighted by Crippen LogP contribution is 2.29. The van der Waals surface area contributed by atoms with Crippen LogP contribution in [0.3, 0.4) is 0 Å². The number of hydrogen-bond acceptors (Lipinski definition) is 3. The predicted octanol–water partition coefficient (Wildman–Crippen LogP) is 3.09. The number of nitrogens with zero attached hydrogens (tertiary/aromatic N) is 1. The standard InChI is InChI=1S/C15H22ClNO2/c1-19-15-7-6-13(16)10-12(15)11-17(8-3-9-18)14-4-2-5-14/h6-7,10,14,18H,2-5,8-9,11H2,1H3. The number of aliphatic hydroxyl groups excluding tert-OH is 1. The molecule has 1 N–H and O–H groups in total. The van der Waals surface area contributed by atoms with Gasteiger partial charge in [-0.05, 0) is 37.5 Å². The van der Waals surface area contributed by atoms with E-state index >= 15 is 0 Å². The van der Waals surface area contributed by atoms with Crippen LogP contribution < -0.4 is 4.74 Å². The zero-order chi connectivity index (χ0) is 13.7. The van der Waals surface area contributed by atoms with Gasteiger partial charge in [0.1, 0.15) is 5.75 Å². The fourth-order valence-electron chi connectivity index (χ4n) is 2.51. The Labute approximate surface area is 120 Å². The third-order valence-corrected chi connectivity index (χ3v) is 4.05. The molecule has 0 spiro atoms. The van der Waals surface area contributed by atoms with Crippen LogP contribution in [0.4, 0.5) is 0 Å². The fraction of sp³-hybridized carbons (Fsp3) is 0.600. The summed E-state index contributed by atoms with van der Waals surface area (Å²) in [5.74, 6) is 0.887. The van der Waals surface area contributed by atoms with Crippen molar-refractivity contribution >= 4 is 11.6 Å². The summed E-state index contributed by atoms with van der Waals surface area (Å²) in [5, 5.41) is 9.77. The quantitative estimate of drug-likeness (QED) is 0.835. The van der Waals surface area contributed by atoms with Crippen molar-refractivity contribution in [3.63, 3.8) is 0 Å². The first-order chi connectivity index (χ1) is 9.24. The van der Waals surface area contributed by atoms with Gasteiger partial charge in [0, 0.05) is 36.3 Å².